The lowest BCUT2D eigenvalue weighted by molar-refractivity contribution is -0.130. The van der Waals surface area contributed by atoms with Gasteiger partial charge in [0.15, 0.2) is 0 Å². The first-order valence-electron chi connectivity index (χ1n) is 7.81. The van der Waals surface area contributed by atoms with Crippen LogP contribution in [0.25, 0.3) is 11.1 Å². The predicted octanol–water partition coefficient (Wildman–Crippen LogP) is 3.75. The van der Waals surface area contributed by atoms with Crippen molar-refractivity contribution in [3.05, 3.63) is 63.5 Å². The van der Waals surface area contributed by atoms with Crippen LogP contribution in [0.1, 0.15) is 25.0 Å². The molecule has 0 aliphatic carbocycles. The number of halogens is 1. The van der Waals surface area contributed by atoms with Crippen molar-refractivity contribution in [2.75, 3.05) is 0 Å². The molecule has 1 aliphatic rings. The molecule has 2 aromatic carbocycles. The number of nitroso groups, excluding NO2 is 1. The summed E-state index contributed by atoms with van der Waals surface area (Å²) < 4.78 is 0. The van der Waals surface area contributed by atoms with Crippen molar-refractivity contribution in [3.8, 4) is 11.1 Å². The number of nitrogens with zero attached hydrogens (tertiary/aromatic N) is 1. The minimum atomic E-state index is -2.06. The Morgan fingerprint density at radius 3 is 2.12 bits per heavy atom. The molecule has 128 valence electrons. The topological polar surface area (TPSA) is 75.6 Å². The van der Waals surface area contributed by atoms with Crippen molar-refractivity contribution < 1.29 is 9.59 Å². The second-order valence-corrected chi connectivity index (χ2v) is 7.18. The highest BCUT2D eigenvalue weighted by Gasteiger charge is 2.62. The third kappa shape index (κ3) is 2.55. The summed E-state index contributed by atoms with van der Waals surface area (Å²) in [5.74, 6) is -1.23. The normalized spacial score (nSPS) is 21.9. The summed E-state index contributed by atoms with van der Waals surface area (Å²) >= 11 is 5.92. The Morgan fingerprint density at radius 1 is 1.00 bits per heavy atom. The van der Waals surface area contributed by atoms with Gasteiger partial charge in [-0.2, -0.15) is 0 Å². The van der Waals surface area contributed by atoms with Crippen LogP contribution in [0.2, 0.25) is 5.02 Å². The average Bonchev–Trinajstić information content (AvgIpc) is 2.75. The van der Waals surface area contributed by atoms with Crippen LogP contribution in [0.15, 0.2) is 47.6 Å². The standard InChI is InChI=1S/C19H17ClN2O3/c1-11-4-5-13(12-6-8-14(20)9-7-12)10-15(11)19(22-25)16(23)18(2,3)21-17(19)24/h4-10H,1-3H3,(H,21,24). The molecule has 1 heterocycles. The molecule has 1 N–H and O–H groups in total. The SMILES string of the molecule is Cc1ccc(-c2ccc(Cl)cc2)cc1C1(N=O)C(=O)NC(C)(C)C1=O. The van der Waals surface area contributed by atoms with Gasteiger partial charge in [0.05, 0.1) is 5.54 Å². The Balaban J connectivity index is 2.21. The lowest BCUT2D eigenvalue weighted by Crippen LogP contribution is -2.42. The number of rotatable bonds is 3. The van der Waals surface area contributed by atoms with Gasteiger partial charge in [0.2, 0.25) is 5.78 Å². The first-order chi connectivity index (χ1) is 11.7. The van der Waals surface area contributed by atoms with Crippen LogP contribution in [0.4, 0.5) is 0 Å². The number of hydrogen-bond donors (Lipinski definition) is 1. The summed E-state index contributed by atoms with van der Waals surface area (Å²) in [4.78, 5) is 37.1. The Hall–Kier alpha value is -2.53. The first kappa shape index (κ1) is 17.3. The van der Waals surface area contributed by atoms with Crippen LogP contribution in [-0.4, -0.2) is 17.2 Å². The fourth-order valence-electron chi connectivity index (χ4n) is 3.20. The molecule has 6 heteroatoms. The van der Waals surface area contributed by atoms with Gasteiger partial charge in [-0.25, -0.2) is 0 Å². The maximum atomic E-state index is 12.8. The Kier molecular flexibility index (Phi) is 4.00. The molecule has 1 unspecified atom stereocenters. The molecular formula is C19H17ClN2O3. The van der Waals surface area contributed by atoms with E-state index >= 15 is 0 Å². The zero-order valence-electron chi connectivity index (χ0n) is 14.1. The maximum Gasteiger partial charge on any atom is 0.265 e. The van der Waals surface area contributed by atoms with Gasteiger partial charge in [-0.15, -0.1) is 4.91 Å². The highest BCUT2D eigenvalue weighted by Crippen LogP contribution is 2.40. The highest BCUT2D eigenvalue weighted by molar-refractivity contribution is 6.30. The zero-order valence-corrected chi connectivity index (χ0v) is 14.8. The van der Waals surface area contributed by atoms with E-state index in [2.05, 4.69) is 10.5 Å². The van der Waals surface area contributed by atoms with E-state index in [9.17, 15) is 14.5 Å². The van der Waals surface area contributed by atoms with E-state index in [1.165, 1.54) is 0 Å². The van der Waals surface area contributed by atoms with Gasteiger partial charge < -0.3 is 5.32 Å². The summed E-state index contributed by atoms with van der Waals surface area (Å²) in [6.45, 7) is 4.89. The van der Waals surface area contributed by atoms with Crippen LogP contribution in [0.5, 0.6) is 0 Å². The number of carbonyl (C=O) groups is 2. The van der Waals surface area contributed by atoms with E-state index in [4.69, 9.17) is 11.6 Å². The summed E-state index contributed by atoms with van der Waals surface area (Å²) in [5, 5.41) is 6.21. The van der Waals surface area contributed by atoms with Gasteiger partial charge in [-0.3, -0.25) is 9.59 Å². The van der Waals surface area contributed by atoms with Gasteiger partial charge in [-0.05, 0) is 60.8 Å². The third-order valence-electron chi connectivity index (χ3n) is 4.59. The first-order valence-corrected chi connectivity index (χ1v) is 8.19. The summed E-state index contributed by atoms with van der Waals surface area (Å²) in [6.07, 6.45) is 0. The van der Waals surface area contributed by atoms with Crippen LogP contribution >= 0.6 is 11.6 Å². The molecule has 1 saturated heterocycles. The molecule has 0 aromatic heterocycles. The number of carbonyl (C=O) groups excluding carboxylic acids is 2. The van der Waals surface area contributed by atoms with E-state index in [0.29, 0.717) is 16.1 Å². The van der Waals surface area contributed by atoms with E-state index in [-0.39, 0.29) is 0 Å². The number of benzene rings is 2. The second-order valence-electron chi connectivity index (χ2n) is 6.75. The summed E-state index contributed by atoms with van der Waals surface area (Å²) in [5.41, 5.74) is -0.618. The molecule has 3 rings (SSSR count). The number of ketones is 1. The summed E-state index contributed by atoms with van der Waals surface area (Å²) in [7, 11) is 0. The van der Waals surface area contributed by atoms with Crippen molar-refractivity contribution in [2.45, 2.75) is 31.8 Å². The van der Waals surface area contributed by atoms with Gasteiger partial charge in [0.25, 0.3) is 11.4 Å². The fourth-order valence-corrected chi connectivity index (χ4v) is 3.32. The largest absolute Gasteiger partial charge is 0.341 e. The fraction of sp³-hybridized carbons (Fsp3) is 0.263. The Bertz CT molecular complexity index is 890. The van der Waals surface area contributed by atoms with Crippen LogP contribution in [0.3, 0.4) is 0 Å². The van der Waals surface area contributed by atoms with Crippen LogP contribution in [0, 0.1) is 11.8 Å². The number of nitrogens with one attached hydrogen (secondary N) is 1. The number of aryl methyl sites for hydroxylation is 1. The lowest BCUT2D eigenvalue weighted by atomic mass is 9.80. The molecule has 1 amide bonds. The monoisotopic (exact) mass is 356 g/mol. The molecule has 0 radical (unpaired) electrons. The molecule has 1 fully saturated rings. The van der Waals surface area contributed by atoms with Gasteiger partial charge in [-0.1, -0.05) is 35.9 Å². The number of hydrogen-bond acceptors (Lipinski definition) is 4. The average molecular weight is 357 g/mol. The predicted molar refractivity (Wildman–Crippen MR) is 96.3 cm³/mol. The number of Topliss-reactive ketones (excluding diaryl/α,β-unsaturated/α-hetero) is 1. The maximum absolute atomic E-state index is 12.8. The second kappa shape index (κ2) is 5.77. The van der Waals surface area contributed by atoms with E-state index < -0.39 is 22.8 Å². The molecule has 5 nitrogen and oxygen atoms in total. The third-order valence-corrected chi connectivity index (χ3v) is 4.84. The van der Waals surface area contributed by atoms with Crippen molar-refractivity contribution in [3.63, 3.8) is 0 Å². The Labute approximate surface area is 150 Å². The molecule has 1 aliphatic heterocycles. The number of amides is 1. The van der Waals surface area contributed by atoms with Gasteiger partial charge in [0, 0.05) is 10.6 Å². The van der Waals surface area contributed by atoms with E-state index in [0.717, 1.165) is 11.1 Å². The molecule has 1 atom stereocenters. The lowest BCUT2D eigenvalue weighted by Gasteiger charge is -2.21. The van der Waals surface area contributed by atoms with Crippen molar-refractivity contribution in [1.29, 1.82) is 0 Å². The summed E-state index contributed by atoms with van der Waals surface area (Å²) in [6, 6.07) is 12.5. The Morgan fingerprint density at radius 2 is 1.60 bits per heavy atom. The molecule has 0 saturated carbocycles. The van der Waals surface area contributed by atoms with Crippen molar-refractivity contribution >= 4 is 23.3 Å². The quantitative estimate of drug-likeness (QED) is 0.672. The van der Waals surface area contributed by atoms with Gasteiger partial charge in [0.1, 0.15) is 0 Å². The molecule has 25 heavy (non-hydrogen) atoms. The smallest absolute Gasteiger partial charge is 0.265 e. The van der Waals surface area contributed by atoms with Crippen molar-refractivity contribution in [1.82, 2.24) is 5.32 Å². The minimum Gasteiger partial charge on any atom is -0.341 e. The van der Waals surface area contributed by atoms with E-state index in [1.54, 1.807) is 45.0 Å². The zero-order chi connectivity index (χ0) is 18.4. The highest BCUT2D eigenvalue weighted by atomic mass is 35.5. The van der Waals surface area contributed by atoms with Crippen LogP contribution < -0.4 is 5.32 Å². The van der Waals surface area contributed by atoms with Crippen LogP contribution in [-0.2, 0) is 15.1 Å². The van der Waals surface area contributed by atoms with Gasteiger partial charge >= 0.3 is 0 Å². The molecule has 0 spiro atoms. The minimum absolute atomic E-state index is 0.308. The van der Waals surface area contributed by atoms with Crippen molar-refractivity contribution in [2.24, 2.45) is 5.18 Å². The molecule has 2 aromatic rings. The molecule has 0 bridgehead atoms. The molecular weight excluding hydrogens is 340 g/mol. The van der Waals surface area contributed by atoms with E-state index in [1.807, 2.05) is 18.2 Å².